The molecule has 7 heteroatoms. The Morgan fingerprint density at radius 3 is 2.88 bits per heavy atom. The van der Waals surface area contributed by atoms with Gasteiger partial charge in [0, 0.05) is 16.2 Å². The molecule has 1 aliphatic rings. The topological polar surface area (TPSA) is 68.5 Å². The number of hydrogen-bond donors (Lipinski definition) is 1. The second-order valence-corrected chi connectivity index (χ2v) is 7.99. The minimum absolute atomic E-state index is 0.0877. The zero-order valence-corrected chi connectivity index (χ0v) is 15.7. The van der Waals surface area contributed by atoms with Crippen LogP contribution >= 0.6 is 23.1 Å². The van der Waals surface area contributed by atoms with Crippen molar-refractivity contribution in [3.63, 3.8) is 0 Å². The summed E-state index contributed by atoms with van der Waals surface area (Å²) in [6.45, 7) is 2.03. The first-order valence-electron chi connectivity index (χ1n) is 8.43. The molecule has 2 aromatic heterocycles. The highest BCUT2D eigenvalue weighted by Gasteiger charge is 2.24. The van der Waals surface area contributed by atoms with Crippen molar-refractivity contribution in [3.8, 4) is 11.3 Å². The molecule has 0 radical (unpaired) electrons. The number of rotatable bonds is 7. The summed E-state index contributed by atoms with van der Waals surface area (Å²) in [6.07, 6.45) is 6.44. The van der Waals surface area contributed by atoms with Gasteiger partial charge in [0.05, 0.1) is 18.6 Å². The average Bonchev–Trinajstić information content (AvgIpc) is 3.34. The fourth-order valence-electron chi connectivity index (χ4n) is 2.88. The molecule has 0 unspecified atom stereocenters. The van der Waals surface area contributed by atoms with Crippen LogP contribution in [-0.2, 0) is 9.53 Å². The van der Waals surface area contributed by atoms with Crippen LogP contribution in [-0.4, -0.2) is 29.5 Å². The number of thiophene rings is 1. The SMILES string of the molecule is CCOC(=O)c1c(-c2ccco2)csc1NC(=O)CSC1CCCC1. The third kappa shape index (κ3) is 4.46. The monoisotopic (exact) mass is 379 g/mol. The van der Waals surface area contributed by atoms with Crippen molar-refractivity contribution in [1.82, 2.24) is 0 Å². The summed E-state index contributed by atoms with van der Waals surface area (Å²) in [7, 11) is 0. The van der Waals surface area contributed by atoms with Crippen LogP contribution in [0.1, 0.15) is 43.0 Å². The summed E-state index contributed by atoms with van der Waals surface area (Å²) in [6, 6.07) is 3.55. The fourth-order valence-corrected chi connectivity index (χ4v) is 4.96. The third-order valence-corrected chi connectivity index (χ3v) is 6.33. The van der Waals surface area contributed by atoms with Crippen molar-refractivity contribution in [2.45, 2.75) is 37.9 Å². The van der Waals surface area contributed by atoms with Crippen LogP contribution in [0.2, 0.25) is 0 Å². The summed E-state index contributed by atoms with van der Waals surface area (Å²) < 4.78 is 10.6. The first-order chi connectivity index (χ1) is 12.2. The molecule has 1 N–H and O–H groups in total. The molecule has 0 atom stereocenters. The molecule has 25 heavy (non-hydrogen) atoms. The van der Waals surface area contributed by atoms with E-state index in [9.17, 15) is 9.59 Å². The van der Waals surface area contributed by atoms with E-state index in [1.165, 1.54) is 37.0 Å². The van der Waals surface area contributed by atoms with Crippen LogP contribution in [0.15, 0.2) is 28.2 Å². The molecular weight excluding hydrogens is 358 g/mol. The Balaban J connectivity index is 1.73. The van der Waals surface area contributed by atoms with E-state index < -0.39 is 5.97 Å². The van der Waals surface area contributed by atoms with E-state index in [4.69, 9.17) is 9.15 Å². The highest BCUT2D eigenvalue weighted by Crippen LogP contribution is 2.37. The molecule has 5 nitrogen and oxygen atoms in total. The molecule has 3 rings (SSSR count). The lowest BCUT2D eigenvalue weighted by atomic mass is 10.1. The van der Waals surface area contributed by atoms with Crippen LogP contribution in [0.25, 0.3) is 11.3 Å². The minimum Gasteiger partial charge on any atom is -0.464 e. The van der Waals surface area contributed by atoms with Gasteiger partial charge in [0.15, 0.2) is 0 Å². The number of anilines is 1. The van der Waals surface area contributed by atoms with Crippen molar-refractivity contribution >= 4 is 40.0 Å². The van der Waals surface area contributed by atoms with Crippen LogP contribution < -0.4 is 5.32 Å². The van der Waals surface area contributed by atoms with Gasteiger partial charge in [0.25, 0.3) is 0 Å². The van der Waals surface area contributed by atoms with E-state index in [1.54, 1.807) is 37.1 Å². The average molecular weight is 380 g/mol. The Labute approximate surface area is 155 Å². The molecule has 2 heterocycles. The number of hydrogen-bond acceptors (Lipinski definition) is 6. The zero-order chi connectivity index (χ0) is 17.6. The maximum Gasteiger partial charge on any atom is 0.341 e. The number of furan rings is 1. The fraction of sp³-hybridized carbons (Fsp3) is 0.444. The lowest BCUT2D eigenvalue weighted by Crippen LogP contribution is -2.17. The maximum atomic E-state index is 12.4. The van der Waals surface area contributed by atoms with Gasteiger partial charge in [-0.25, -0.2) is 4.79 Å². The third-order valence-electron chi connectivity index (χ3n) is 4.06. The maximum absolute atomic E-state index is 12.4. The number of esters is 1. The summed E-state index contributed by atoms with van der Waals surface area (Å²) >= 11 is 3.01. The number of carbonyl (C=O) groups is 2. The van der Waals surface area contributed by atoms with Gasteiger partial charge in [-0.1, -0.05) is 12.8 Å². The van der Waals surface area contributed by atoms with Gasteiger partial charge < -0.3 is 14.5 Å². The number of thioether (sulfide) groups is 1. The lowest BCUT2D eigenvalue weighted by molar-refractivity contribution is -0.113. The molecule has 0 saturated heterocycles. The van der Waals surface area contributed by atoms with Gasteiger partial charge >= 0.3 is 5.97 Å². The predicted octanol–water partition coefficient (Wildman–Crippen LogP) is 4.80. The largest absolute Gasteiger partial charge is 0.464 e. The molecule has 0 aromatic carbocycles. The van der Waals surface area contributed by atoms with Crippen LogP contribution in [0.3, 0.4) is 0 Å². The summed E-state index contributed by atoms with van der Waals surface area (Å²) in [5, 5.41) is 5.78. The number of nitrogens with one attached hydrogen (secondary N) is 1. The van der Waals surface area contributed by atoms with Gasteiger partial charge in [-0.05, 0) is 31.9 Å². The normalized spacial score (nSPS) is 14.6. The van der Waals surface area contributed by atoms with Crippen molar-refractivity contribution in [2.24, 2.45) is 0 Å². The standard InChI is InChI=1S/C18H21NO4S2/c1-2-22-18(21)16-13(14-8-5-9-23-14)10-25-17(16)19-15(20)11-24-12-6-3-4-7-12/h5,8-10,12H,2-4,6-7,11H2,1H3,(H,19,20). The van der Waals surface area contributed by atoms with Gasteiger partial charge in [0.2, 0.25) is 5.91 Å². The second kappa shape index (κ2) is 8.58. The van der Waals surface area contributed by atoms with Crippen molar-refractivity contribution in [2.75, 3.05) is 17.7 Å². The molecule has 0 spiro atoms. The molecule has 0 aliphatic heterocycles. The summed E-state index contributed by atoms with van der Waals surface area (Å²) in [4.78, 5) is 24.7. The van der Waals surface area contributed by atoms with E-state index in [0.29, 0.717) is 32.9 Å². The van der Waals surface area contributed by atoms with Gasteiger partial charge in [-0.15, -0.1) is 23.1 Å². The van der Waals surface area contributed by atoms with Crippen LogP contribution in [0.4, 0.5) is 5.00 Å². The quantitative estimate of drug-likeness (QED) is 0.700. The van der Waals surface area contributed by atoms with E-state index in [1.807, 2.05) is 5.38 Å². The van der Waals surface area contributed by atoms with Gasteiger partial charge in [-0.2, -0.15) is 0 Å². The van der Waals surface area contributed by atoms with Crippen LogP contribution in [0, 0.1) is 0 Å². The predicted molar refractivity (Wildman–Crippen MR) is 101 cm³/mol. The minimum atomic E-state index is -0.450. The second-order valence-electron chi connectivity index (χ2n) is 5.82. The first-order valence-corrected chi connectivity index (χ1v) is 10.4. The number of carbonyl (C=O) groups excluding carboxylic acids is 2. The molecule has 134 valence electrons. The zero-order valence-electron chi connectivity index (χ0n) is 14.1. The highest BCUT2D eigenvalue weighted by molar-refractivity contribution is 8.00. The van der Waals surface area contributed by atoms with Crippen LogP contribution in [0.5, 0.6) is 0 Å². The Bertz CT molecular complexity index is 718. The molecule has 2 aromatic rings. The molecule has 0 bridgehead atoms. The van der Waals surface area contributed by atoms with Gasteiger partial charge in [0.1, 0.15) is 16.3 Å². The highest BCUT2D eigenvalue weighted by atomic mass is 32.2. The van der Waals surface area contributed by atoms with E-state index in [2.05, 4.69) is 5.32 Å². The summed E-state index contributed by atoms with van der Waals surface area (Å²) in [5.74, 6) is 0.449. The molecule has 1 amide bonds. The molecular formula is C18H21NO4S2. The van der Waals surface area contributed by atoms with E-state index >= 15 is 0 Å². The Morgan fingerprint density at radius 2 is 2.20 bits per heavy atom. The van der Waals surface area contributed by atoms with E-state index in [-0.39, 0.29) is 12.5 Å². The molecule has 1 saturated carbocycles. The van der Waals surface area contributed by atoms with Gasteiger partial charge in [-0.3, -0.25) is 4.79 Å². The smallest absolute Gasteiger partial charge is 0.341 e. The Hall–Kier alpha value is -1.73. The van der Waals surface area contributed by atoms with E-state index in [0.717, 1.165) is 0 Å². The first kappa shape index (κ1) is 18.1. The van der Waals surface area contributed by atoms with Crippen molar-refractivity contribution in [3.05, 3.63) is 29.3 Å². The van der Waals surface area contributed by atoms with Crippen molar-refractivity contribution in [1.29, 1.82) is 0 Å². The summed E-state index contributed by atoms with van der Waals surface area (Å²) in [5.41, 5.74) is 1.01. The van der Waals surface area contributed by atoms with Crippen molar-refractivity contribution < 1.29 is 18.7 Å². The Kier molecular flexibility index (Phi) is 6.20. The lowest BCUT2D eigenvalue weighted by Gasteiger charge is -2.10. The Morgan fingerprint density at radius 1 is 1.40 bits per heavy atom. The number of ether oxygens (including phenoxy) is 1. The number of amides is 1. The molecule has 1 aliphatic carbocycles. The molecule has 1 fully saturated rings.